The zero-order chi connectivity index (χ0) is 14.2. The van der Waals surface area contributed by atoms with Gasteiger partial charge in [0.25, 0.3) is 0 Å². The van der Waals surface area contributed by atoms with E-state index in [2.05, 4.69) is 38.1 Å². The molecule has 0 saturated heterocycles. The van der Waals surface area contributed by atoms with E-state index in [1.807, 2.05) is 11.7 Å². The molecule has 1 saturated carbocycles. The molecule has 0 bridgehead atoms. The molecule has 1 fully saturated rings. The number of nitrogens with zero attached hydrogens (tertiary/aromatic N) is 2. The molecule has 1 heterocycles. The minimum Gasteiger partial charge on any atom is -0.394 e. The molecule has 0 aromatic carbocycles. The number of nitrogens with one attached hydrogen (secondary N) is 1. The number of anilines is 2. The maximum Gasteiger partial charge on any atom is 0.148 e. The number of nitrogen functional groups attached to an aromatic ring is 1. The van der Waals surface area contributed by atoms with Gasteiger partial charge in [-0.2, -0.15) is 5.10 Å². The van der Waals surface area contributed by atoms with Gasteiger partial charge in [0.2, 0.25) is 0 Å². The number of aromatic nitrogens is 2. The molecule has 0 amide bonds. The third-order valence-electron chi connectivity index (χ3n) is 4.69. The summed E-state index contributed by atoms with van der Waals surface area (Å²) in [5, 5.41) is 8.20. The van der Waals surface area contributed by atoms with Crippen LogP contribution in [0.5, 0.6) is 0 Å². The van der Waals surface area contributed by atoms with Crippen molar-refractivity contribution in [2.45, 2.75) is 58.9 Å². The molecule has 108 valence electrons. The third kappa shape index (κ3) is 2.72. The second-order valence-electron chi connectivity index (χ2n) is 6.44. The van der Waals surface area contributed by atoms with Crippen molar-refractivity contribution >= 4 is 11.5 Å². The normalized spacial score (nSPS) is 27.8. The maximum absolute atomic E-state index is 6.26. The summed E-state index contributed by atoms with van der Waals surface area (Å²) < 4.78 is 1.90. The lowest BCUT2D eigenvalue weighted by Crippen LogP contribution is -2.35. The smallest absolute Gasteiger partial charge is 0.148 e. The summed E-state index contributed by atoms with van der Waals surface area (Å²) >= 11 is 0. The van der Waals surface area contributed by atoms with Crippen LogP contribution in [0.1, 0.15) is 58.6 Å². The van der Waals surface area contributed by atoms with E-state index in [0.29, 0.717) is 17.9 Å². The minimum absolute atomic E-state index is 0.365. The van der Waals surface area contributed by atoms with Gasteiger partial charge in [0.1, 0.15) is 5.82 Å². The van der Waals surface area contributed by atoms with Crippen molar-refractivity contribution in [1.82, 2.24) is 9.78 Å². The summed E-state index contributed by atoms with van der Waals surface area (Å²) in [5.41, 5.74) is 8.08. The fourth-order valence-electron chi connectivity index (χ4n) is 3.12. The maximum atomic E-state index is 6.26. The molecular weight excluding hydrogens is 236 g/mol. The van der Waals surface area contributed by atoms with E-state index in [0.717, 1.165) is 23.1 Å². The first-order valence-corrected chi connectivity index (χ1v) is 7.50. The van der Waals surface area contributed by atoms with Crippen molar-refractivity contribution in [2.24, 2.45) is 18.9 Å². The molecule has 2 rings (SSSR count). The largest absolute Gasteiger partial charge is 0.394 e. The fraction of sp³-hybridized carbons (Fsp3) is 0.800. The summed E-state index contributed by atoms with van der Waals surface area (Å²) in [5.74, 6) is 2.83. The molecule has 3 unspecified atom stereocenters. The van der Waals surface area contributed by atoms with Crippen LogP contribution in [-0.2, 0) is 7.05 Å². The second kappa shape index (κ2) is 5.43. The summed E-state index contributed by atoms with van der Waals surface area (Å²) in [7, 11) is 1.97. The Hall–Kier alpha value is -1.19. The van der Waals surface area contributed by atoms with E-state index in [1.54, 1.807) is 0 Å². The Labute approximate surface area is 116 Å². The summed E-state index contributed by atoms with van der Waals surface area (Å²) in [4.78, 5) is 0. The first-order valence-electron chi connectivity index (χ1n) is 7.50. The summed E-state index contributed by atoms with van der Waals surface area (Å²) in [6, 6.07) is 0.515. The van der Waals surface area contributed by atoms with Crippen LogP contribution in [0.3, 0.4) is 0 Å². The highest BCUT2D eigenvalue weighted by molar-refractivity contribution is 5.66. The summed E-state index contributed by atoms with van der Waals surface area (Å²) in [6.07, 6.45) is 3.88. The number of rotatable bonds is 3. The van der Waals surface area contributed by atoms with Gasteiger partial charge in [0, 0.05) is 13.1 Å². The van der Waals surface area contributed by atoms with Gasteiger partial charge in [-0.1, -0.05) is 40.5 Å². The first kappa shape index (κ1) is 14.2. The van der Waals surface area contributed by atoms with Crippen molar-refractivity contribution in [1.29, 1.82) is 0 Å². The molecule has 3 atom stereocenters. The van der Waals surface area contributed by atoms with E-state index in [-0.39, 0.29) is 0 Å². The van der Waals surface area contributed by atoms with Crippen molar-refractivity contribution in [3.8, 4) is 0 Å². The van der Waals surface area contributed by atoms with E-state index < -0.39 is 0 Å². The number of hydrogen-bond donors (Lipinski definition) is 2. The molecule has 3 N–H and O–H groups in total. The quantitative estimate of drug-likeness (QED) is 0.880. The van der Waals surface area contributed by atoms with Crippen LogP contribution < -0.4 is 11.1 Å². The molecule has 1 aliphatic carbocycles. The zero-order valence-corrected chi connectivity index (χ0v) is 12.9. The molecular formula is C15H28N4. The lowest BCUT2D eigenvalue weighted by Gasteiger charge is -2.35. The zero-order valence-electron chi connectivity index (χ0n) is 12.9. The molecule has 4 heteroatoms. The number of aryl methyl sites for hydroxylation is 1. The van der Waals surface area contributed by atoms with Gasteiger partial charge in [-0.3, -0.25) is 4.68 Å². The highest BCUT2D eigenvalue weighted by Crippen LogP contribution is 2.34. The van der Waals surface area contributed by atoms with E-state index in [4.69, 9.17) is 5.73 Å². The van der Waals surface area contributed by atoms with Crippen molar-refractivity contribution in [2.75, 3.05) is 11.1 Å². The average molecular weight is 264 g/mol. The van der Waals surface area contributed by atoms with Crippen LogP contribution >= 0.6 is 0 Å². The molecule has 1 aromatic heterocycles. The van der Waals surface area contributed by atoms with Crippen LogP contribution in [0.25, 0.3) is 0 Å². The number of hydrogen-bond acceptors (Lipinski definition) is 3. The first-order chi connectivity index (χ1) is 8.91. The fourth-order valence-corrected chi connectivity index (χ4v) is 3.12. The number of nitrogens with two attached hydrogens (primary N) is 1. The Morgan fingerprint density at radius 1 is 1.32 bits per heavy atom. The average Bonchev–Trinajstić information content (AvgIpc) is 2.63. The molecule has 1 aliphatic rings. The lowest BCUT2D eigenvalue weighted by molar-refractivity contribution is 0.252. The van der Waals surface area contributed by atoms with Gasteiger partial charge in [0.15, 0.2) is 0 Å². The highest BCUT2D eigenvalue weighted by Gasteiger charge is 2.28. The van der Waals surface area contributed by atoms with Gasteiger partial charge in [-0.25, -0.2) is 0 Å². The van der Waals surface area contributed by atoms with Crippen molar-refractivity contribution in [3.05, 3.63) is 5.69 Å². The van der Waals surface area contributed by atoms with Crippen molar-refractivity contribution < 1.29 is 0 Å². The molecule has 1 aromatic rings. The topological polar surface area (TPSA) is 55.9 Å². The third-order valence-corrected chi connectivity index (χ3v) is 4.69. The van der Waals surface area contributed by atoms with E-state index in [1.165, 1.54) is 19.3 Å². The van der Waals surface area contributed by atoms with Gasteiger partial charge in [-0.05, 0) is 24.2 Å². The summed E-state index contributed by atoms with van der Waals surface area (Å²) in [6.45, 7) is 8.96. The molecule has 19 heavy (non-hydrogen) atoms. The van der Waals surface area contributed by atoms with Crippen LogP contribution in [-0.4, -0.2) is 15.8 Å². The van der Waals surface area contributed by atoms with Crippen LogP contribution in [0.2, 0.25) is 0 Å². The highest BCUT2D eigenvalue weighted by atomic mass is 15.3. The van der Waals surface area contributed by atoms with Crippen molar-refractivity contribution in [3.63, 3.8) is 0 Å². The Morgan fingerprint density at radius 2 is 2.00 bits per heavy atom. The predicted octanol–water partition coefficient (Wildman–Crippen LogP) is 3.36. The van der Waals surface area contributed by atoms with E-state index >= 15 is 0 Å². The molecule has 0 spiro atoms. The van der Waals surface area contributed by atoms with Gasteiger partial charge < -0.3 is 11.1 Å². The van der Waals surface area contributed by atoms with Gasteiger partial charge in [-0.15, -0.1) is 0 Å². The Kier molecular flexibility index (Phi) is 4.07. The van der Waals surface area contributed by atoms with Gasteiger partial charge in [0.05, 0.1) is 11.4 Å². The standard InChI is InChI=1S/C15H28N4/c1-9(2)14-13(16)15(19(5)18-14)17-12-8-6-7-10(3)11(12)4/h9-12,17H,6-8,16H2,1-5H3. The molecule has 0 radical (unpaired) electrons. The minimum atomic E-state index is 0.365. The second-order valence-corrected chi connectivity index (χ2v) is 6.44. The predicted molar refractivity (Wildman–Crippen MR) is 81.3 cm³/mol. The Morgan fingerprint density at radius 3 is 2.58 bits per heavy atom. The Balaban J connectivity index is 2.19. The monoisotopic (exact) mass is 264 g/mol. The molecule has 0 aliphatic heterocycles. The van der Waals surface area contributed by atoms with Crippen LogP contribution in [0, 0.1) is 11.8 Å². The lowest BCUT2D eigenvalue weighted by atomic mass is 9.78. The Bertz CT molecular complexity index is 436. The molecule has 4 nitrogen and oxygen atoms in total. The SMILES string of the molecule is CC(C)c1nn(C)c(NC2CCCC(C)C2C)c1N. The van der Waals surface area contributed by atoms with Crippen LogP contribution in [0.15, 0.2) is 0 Å². The van der Waals surface area contributed by atoms with Gasteiger partial charge >= 0.3 is 0 Å². The van der Waals surface area contributed by atoms with E-state index in [9.17, 15) is 0 Å². The van der Waals surface area contributed by atoms with Crippen LogP contribution in [0.4, 0.5) is 11.5 Å².